The molecule has 9 heteroatoms. The molecule has 0 atom stereocenters. The van der Waals surface area contributed by atoms with Gasteiger partial charge in [-0.05, 0) is 25.2 Å². The van der Waals surface area contributed by atoms with Gasteiger partial charge in [0.25, 0.3) is 0 Å². The van der Waals surface area contributed by atoms with Crippen molar-refractivity contribution < 1.29 is 9.53 Å². The van der Waals surface area contributed by atoms with Gasteiger partial charge in [-0.3, -0.25) is 9.69 Å². The van der Waals surface area contributed by atoms with Gasteiger partial charge in [0.1, 0.15) is 15.8 Å². The van der Waals surface area contributed by atoms with Crippen molar-refractivity contribution >= 4 is 46.3 Å². The van der Waals surface area contributed by atoms with E-state index in [-0.39, 0.29) is 12.5 Å². The molecule has 1 amide bonds. The Bertz CT molecular complexity index is 665. The summed E-state index contributed by atoms with van der Waals surface area (Å²) in [4.78, 5) is 13.9. The van der Waals surface area contributed by atoms with Crippen molar-refractivity contribution in [1.29, 1.82) is 0 Å². The maximum Gasteiger partial charge on any atom is 0.238 e. The molecule has 1 heterocycles. The van der Waals surface area contributed by atoms with Gasteiger partial charge in [-0.25, -0.2) is 0 Å². The first-order valence-corrected chi connectivity index (χ1v) is 7.81. The van der Waals surface area contributed by atoms with Gasteiger partial charge in [0.05, 0.1) is 19.3 Å². The summed E-state index contributed by atoms with van der Waals surface area (Å²) in [6.07, 6.45) is 0. The number of likely N-dealkylation sites (N-methyl/N-ethyl adjacent to an activating group) is 1. The second-order valence-corrected chi connectivity index (χ2v) is 6.35. The molecule has 0 aliphatic carbocycles. The fourth-order valence-electron chi connectivity index (χ4n) is 1.82. The molecule has 6 nitrogen and oxygen atoms in total. The highest BCUT2D eigenvalue weighted by Gasteiger charge is 2.13. The standard InChI is InChI=1S/C13H14Cl2N4O2S/c1-19(6-10-13(15)22-18-17-10)7-12(20)16-9-5-8(14)3-4-11(9)21-2/h3-5H,6-7H2,1-2H3,(H,16,20). The Morgan fingerprint density at radius 1 is 1.45 bits per heavy atom. The van der Waals surface area contributed by atoms with E-state index in [2.05, 4.69) is 14.9 Å². The van der Waals surface area contributed by atoms with Gasteiger partial charge in [-0.15, -0.1) is 5.10 Å². The minimum atomic E-state index is -0.192. The van der Waals surface area contributed by atoms with Crippen LogP contribution in [0.5, 0.6) is 5.75 Å². The van der Waals surface area contributed by atoms with Gasteiger partial charge in [-0.2, -0.15) is 0 Å². The molecule has 1 aromatic heterocycles. The SMILES string of the molecule is COc1ccc(Cl)cc1NC(=O)CN(C)Cc1nnsc1Cl. The Morgan fingerprint density at radius 2 is 2.23 bits per heavy atom. The molecule has 1 N–H and O–H groups in total. The number of rotatable bonds is 6. The predicted molar refractivity (Wildman–Crippen MR) is 87.9 cm³/mol. The van der Waals surface area contributed by atoms with Crippen LogP contribution in [0.2, 0.25) is 9.36 Å². The molecule has 0 spiro atoms. The summed E-state index contributed by atoms with van der Waals surface area (Å²) >= 11 is 13.0. The number of methoxy groups -OCH3 is 1. The van der Waals surface area contributed by atoms with Gasteiger partial charge >= 0.3 is 0 Å². The molecule has 0 aliphatic rings. The average Bonchev–Trinajstić information content (AvgIpc) is 2.84. The minimum Gasteiger partial charge on any atom is -0.495 e. The third-order valence-electron chi connectivity index (χ3n) is 2.78. The van der Waals surface area contributed by atoms with E-state index < -0.39 is 0 Å². The van der Waals surface area contributed by atoms with Crippen LogP contribution in [0.15, 0.2) is 18.2 Å². The van der Waals surface area contributed by atoms with Crippen LogP contribution in [0, 0.1) is 0 Å². The monoisotopic (exact) mass is 360 g/mol. The minimum absolute atomic E-state index is 0.170. The zero-order valence-electron chi connectivity index (χ0n) is 12.0. The Hall–Kier alpha value is -1.41. The van der Waals surface area contributed by atoms with Crippen LogP contribution in [0.4, 0.5) is 5.69 Å². The van der Waals surface area contributed by atoms with Crippen molar-refractivity contribution in [3.8, 4) is 5.75 Å². The van der Waals surface area contributed by atoms with Gasteiger partial charge in [0.15, 0.2) is 0 Å². The van der Waals surface area contributed by atoms with E-state index in [1.54, 1.807) is 30.1 Å². The molecule has 0 aliphatic heterocycles. The Kier molecular flexibility index (Phi) is 5.96. The molecule has 0 unspecified atom stereocenters. The lowest BCUT2D eigenvalue weighted by Gasteiger charge is -2.16. The van der Waals surface area contributed by atoms with E-state index in [4.69, 9.17) is 27.9 Å². The summed E-state index contributed by atoms with van der Waals surface area (Å²) in [5, 5.41) is 7.20. The molecular formula is C13H14Cl2N4O2S. The molecule has 22 heavy (non-hydrogen) atoms. The van der Waals surface area contributed by atoms with Crippen molar-refractivity contribution in [3.05, 3.63) is 33.3 Å². The van der Waals surface area contributed by atoms with E-state index in [1.165, 1.54) is 7.11 Å². The second-order valence-electron chi connectivity index (χ2n) is 4.56. The third-order valence-corrected chi connectivity index (χ3v) is 4.00. The number of nitrogens with one attached hydrogen (secondary N) is 1. The lowest BCUT2D eigenvalue weighted by atomic mass is 10.3. The first kappa shape index (κ1) is 17.0. The lowest BCUT2D eigenvalue weighted by molar-refractivity contribution is -0.117. The summed E-state index contributed by atoms with van der Waals surface area (Å²) < 4.78 is 9.47. The number of ether oxygens (including phenoxy) is 1. The highest BCUT2D eigenvalue weighted by molar-refractivity contribution is 7.10. The second kappa shape index (κ2) is 7.73. The van der Waals surface area contributed by atoms with Gasteiger partial charge in [0.2, 0.25) is 5.91 Å². The van der Waals surface area contributed by atoms with E-state index in [9.17, 15) is 4.79 Å². The first-order chi connectivity index (χ1) is 10.5. The van der Waals surface area contributed by atoms with E-state index >= 15 is 0 Å². The molecule has 118 valence electrons. The van der Waals surface area contributed by atoms with Crippen LogP contribution in [-0.2, 0) is 11.3 Å². The summed E-state index contributed by atoms with van der Waals surface area (Å²) in [6.45, 7) is 0.610. The number of hydrogen-bond acceptors (Lipinski definition) is 6. The van der Waals surface area contributed by atoms with E-state index in [0.29, 0.717) is 33.0 Å². The highest BCUT2D eigenvalue weighted by Crippen LogP contribution is 2.27. The number of nitrogens with zero attached hydrogens (tertiary/aromatic N) is 3. The van der Waals surface area contributed by atoms with Crippen LogP contribution in [0.1, 0.15) is 5.69 Å². The number of amides is 1. The summed E-state index contributed by atoms with van der Waals surface area (Å²) in [7, 11) is 3.33. The largest absolute Gasteiger partial charge is 0.495 e. The summed E-state index contributed by atoms with van der Waals surface area (Å²) in [6, 6.07) is 5.03. The van der Waals surface area contributed by atoms with Crippen molar-refractivity contribution in [2.24, 2.45) is 0 Å². The number of benzene rings is 1. The number of halogens is 2. The predicted octanol–water partition coefficient (Wildman–Crippen LogP) is 2.92. The fraction of sp³-hybridized carbons (Fsp3) is 0.308. The Balaban J connectivity index is 1.95. The Labute approximate surface area is 142 Å². The highest BCUT2D eigenvalue weighted by atomic mass is 35.5. The van der Waals surface area contributed by atoms with E-state index in [1.807, 2.05) is 0 Å². The quantitative estimate of drug-likeness (QED) is 0.857. The van der Waals surface area contributed by atoms with Crippen molar-refractivity contribution in [2.75, 3.05) is 26.0 Å². The van der Waals surface area contributed by atoms with Crippen LogP contribution in [0.25, 0.3) is 0 Å². The first-order valence-electron chi connectivity index (χ1n) is 6.28. The molecular weight excluding hydrogens is 347 g/mol. The maximum atomic E-state index is 12.1. The molecule has 0 radical (unpaired) electrons. The van der Waals surface area contributed by atoms with Crippen molar-refractivity contribution in [2.45, 2.75) is 6.54 Å². The van der Waals surface area contributed by atoms with Gasteiger partial charge in [-0.1, -0.05) is 27.7 Å². The number of hydrogen-bond donors (Lipinski definition) is 1. The van der Waals surface area contributed by atoms with Crippen molar-refractivity contribution in [3.63, 3.8) is 0 Å². The topological polar surface area (TPSA) is 67.3 Å². The number of anilines is 1. The maximum absolute atomic E-state index is 12.1. The number of carbonyl (C=O) groups excluding carboxylic acids is 1. The Morgan fingerprint density at radius 3 is 2.86 bits per heavy atom. The molecule has 0 bridgehead atoms. The molecule has 2 aromatic rings. The van der Waals surface area contributed by atoms with Crippen LogP contribution in [-0.4, -0.2) is 41.1 Å². The third kappa shape index (κ3) is 4.54. The zero-order valence-corrected chi connectivity index (χ0v) is 14.3. The fourth-order valence-corrected chi connectivity index (χ4v) is 2.60. The van der Waals surface area contributed by atoms with Crippen LogP contribution >= 0.6 is 34.7 Å². The zero-order chi connectivity index (χ0) is 16.1. The van der Waals surface area contributed by atoms with Gasteiger partial charge in [0, 0.05) is 23.1 Å². The van der Waals surface area contributed by atoms with Crippen LogP contribution in [0.3, 0.4) is 0 Å². The average molecular weight is 361 g/mol. The van der Waals surface area contributed by atoms with E-state index in [0.717, 1.165) is 11.5 Å². The number of carbonyl (C=O) groups is 1. The molecule has 1 aromatic carbocycles. The smallest absolute Gasteiger partial charge is 0.238 e. The molecule has 0 fully saturated rings. The molecule has 2 rings (SSSR count). The normalized spacial score (nSPS) is 10.8. The number of aromatic nitrogens is 2. The van der Waals surface area contributed by atoms with Crippen molar-refractivity contribution in [1.82, 2.24) is 14.5 Å². The van der Waals surface area contributed by atoms with Crippen LogP contribution < -0.4 is 10.1 Å². The van der Waals surface area contributed by atoms with Gasteiger partial charge < -0.3 is 10.1 Å². The lowest BCUT2D eigenvalue weighted by Crippen LogP contribution is -2.30. The summed E-state index contributed by atoms with van der Waals surface area (Å²) in [5.41, 5.74) is 1.18. The molecule has 0 saturated heterocycles. The molecule has 0 saturated carbocycles. The summed E-state index contributed by atoms with van der Waals surface area (Å²) in [5.74, 6) is 0.356.